The van der Waals surface area contributed by atoms with Gasteiger partial charge in [-0.05, 0) is 63.7 Å². The molecule has 2 fully saturated rings. The first-order chi connectivity index (χ1) is 18.1. The van der Waals surface area contributed by atoms with Crippen molar-refractivity contribution in [2.24, 2.45) is 22.7 Å². The molecule has 4 rings (SSSR count). The maximum absolute atomic E-state index is 14.1. The van der Waals surface area contributed by atoms with Gasteiger partial charge in [0.15, 0.2) is 0 Å². The largest absolute Gasteiger partial charge is 0.335 e. The number of hydrogen-bond acceptors (Lipinski definition) is 6. The Hall–Kier alpha value is -2.81. The average molecular weight is 617 g/mol. The molecule has 1 aromatic carbocycles. The molecule has 1 aliphatic carbocycles. The number of aromatic nitrogens is 1. The van der Waals surface area contributed by atoms with Crippen molar-refractivity contribution in [3.63, 3.8) is 0 Å². The van der Waals surface area contributed by atoms with Gasteiger partial charge in [0, 0.05) is 29.0 Å². The van der Waals surface area contributed by atoms with Crippen molar-refractivity contribution in [2.45, 2.75) is 64.6 Å². The molecule has 0 spiro atoms. The Morgan fingerprint density at radius 2 is 1.85 bits per heavy atom. The molecule has 1 aromatic heterocycles. The summed E-state index contributed by atoms with van der Waals surface area (Å²) in [6.07, 6.45) is 3.09. The molecule has 11 heteroatoms. The molecule has 1 saturated carbocycles. The number of sulfonamides is 1. The Labute approximate surface area is 238 Å². The standard InChI is InChI=1S/C28H34BrN5O4S/c1-16-7-9-19(10-8-16)39(37,38)33-24(27(2,3)4)26(36)34-15-20-22(28(20,5)6)23(34)25(35)32-21(12-30)17-11-18(29)14-31-13-17/h7-11,13-14,20-24,33H,15H2,1-6H3,(H,32,35)/t20-,21?,22-,23-,24+/m0/s1. The van der Waals surface area contributed by atoms with E-state index in [1.807, 2.05) is 6.92 Å². The van der Waals surface area contributed by atoms with Gasteiger partial charge in [0.2, 0.25) is 21.8 Å². The van der Waals surface area contributed by atoms with E-state index < -0.39 is 45.4 Å². The van der Waals surface area contributed by atoms with Gasteiger partial charge in [0.1, 0.15) is 18.1 Å². The summed E-state index contributed by atoms with van der Waals surface area (Å²) < 4.78 is 29.8. The normalized spacial score (nSPS) is 23.3. The number of nitriles is 1. The first-order valence-corrected chi connectivity index (χ1v) is 15.1. The number of nitrogens with zero attached hydrogens (tertiary/aromatic N) is 3. The predicted octanol–water partition coefficient (Wildman–Crippen LogP) is 3.71. The van der Waals surface area contributed by atoms with E-state index in [1.54, 1.807) is 45.2 Å². The van der Waals surface area contributed by atoms with E-state index in [9.17, 15) is 23.3 Å². The van der Waals surface area contributed by atoms with Gasteiger partial charge in [-0.1, -0.05) is 52.3 Å². The number of amides is 2. The fraction of sp³-hybridized carbons (Fsp3) is 0.500. The minimum absolute atomic E-state index is 0.0642. The summed E-state index contributed by atoms with van der Waals surface area (Å²) in [5, 5.41) is 12.6. The van der Waals surface area contributed by atoms with Crippen LogP contribution in [0.4, 0.5) is 0 Å². The number of piperidine rings is 1. The van der Waals surface area contributed by atoms with Gasteiger partial charge in [-0.2, -0.15) is 9.98 Å². The SMILES string of the molecule is Cc1ccc(S(=O)(=O)N[C@H](C(=O)N2C[C@H]3[C@@H]([C@H]2C(=O)NC(C#N)c2cncc(Br)c2)C3(C)C)C(C)(C)C)cc1. The number of carbonyl (C=O) groups is 2. The molecule has 0 bridgehead atoms. The average Bonchev–Trinajstić information content (AvgIpc) is 3.17. The molecule has 208 valence electrons. The number of benzene rings is 1. The summed E-state index contributed by atoms with van der Waals surface area (Å²) in [6.45, 7) is 11.7. The highest BCUT2D eigenvalue weighted by molar-refractivity contribution is 9.10. The highest BCUT2D eigenvalue weighted by Crippen LogP contribution is 2.65. The Morgan fingerprint density at radius 1 is 1.21 bits per heavy atom. The summed E-state index contributed by atoms with van der Waals surface area (Å²) in [5.74, 6) is -0.906. The smallest absolute Gasteiger partial charge is 0.244 e. The third kappa shape index (κ3) is 5.74. The van der Waals surface area contributed by atoms with Crippen LogP contribution >= 0.6 is 15.9 Å². The van der Waals surface area contributed by atoms with E-state index in [2.05, 4.69) is 50.9 Å². The van der Waals surface area contributed by atoms with E-state index in [1.165, 1.54) is 23.2 Å². The van der Waals surface area contributed by atoms with E-state index in [0.717, 1.165) is 5.56 Å². The lowest BCUT2D eigenvalue weighted by Gasteiger charge is -2.37. The third-order valence-electron chi connectivity index (χ3n) is 7.95. The highest BCUT2D eigenvalue weighted by atomic mass is 79.9. The minimum atomic E-state index is -4.01. The number of aryl methyl sites for hydroxylation is 1. The molecular formula is C28H34BrN5O4S. The number of likely N-dealkylation sites (tertiary alicyclic amines) is 1. The Balaban J connectivity index is 1.62. The van der Waals surface area contributed by atoms with Crippen molar-refractivity contribution >= 4 is 37.8 Å². The molecule has 1 unspecified atom stereocenters. The van der Waals surface area contributed by atoms with Gasteiger partial charge in [-0.3, -0.25) is 14.6 Å². The number of hydrogen-bond donors (Lipinski definition) is 2. The molecular weight excluding hydrogens is 582 g/mol. The van der Waals surface area contributed by atoms with Crippen LogP contribution in [0.3, 0.4) is 0 Å². The van der Waals surface area contributed by atoms with Crippen LogP contribution < -0.4 is 10.0 Å². The molecule has 1 aliphatic heterocycles. The van der Waals surface area contributed by atoms with Crippen LogP contribution in [0.1, 0.15) is 51.8 Å². The summed E-state index contributed by atoms with van der Waals surface area (Å²) >= 11 is 3.34. The van der Waals surface area contributed by atoms with Gasteiger partial charge >= 0.3 is 0 Å². The predicted molar refractivity (Wildman–Crippen MR) is 149 cm³/mol. The molecule has 9 nitrogen and oxygen atoms in total. The molecule has 39 heavy (non-hydrogen) atoms. The molecule has 0 radical (unpaired) electrons. The van der Waals surface area contributed by atoms with E-state index >= 15 is 0 Å². The van der Waals surface area contributed by atoms with Crippen LogP contribution in [0, 0.1) is 40.9 Å². The van der Waals surface area contributed by atoms with Crippen LogP contribution in [0.5, 0.6) is 0 Å². The maximum atomic E-state index is 14.1. The zero-order chi connectivity index (χ0) is 28.9. The van der Waals surface area contributed by atoms with Crippen LogP contribution in [-0.2, 0) is 19.6 Å². The number of pyridine rings is 1. The van der Waals surface area contributed by atoms with E-state index in [0.29, 0.717) is 16.6 Å². The molecule has 2 aromatic rings. The second-order valence-electron chi connectivity index (χ2n) is 12.1. The van der Waals surface area contributed by atoms with E-state index in [-0.39, 0.29) is 22.1 Å². The van der Waals surface area contributed by atoms with Crippen molar-refractivity contribution in [3.05, 3.63) is 58.3 Å². The first kappa shape index (κ1) is 29.2. The van der Waals surface area contributed by atoms with Crippen molar-refractivity contribution in [3.8, 4) is 6.07 Å². The molecule has 5 atom stereocenters. The number of rotatable bonds is 7. The van der Waals surface area contributed by atoms with Gasteiger partial charge in [-0.25, -0.2) is 8.42 Å². The summed E-state index contributed by atoms with van der Waals surface area (Å²) in [6, 6.07) is 7.32. The lowest BCUT2D eigenvalue weighted by atomic mass is 9.86. The fourth-order valence-corrected chi connectivity index (χ4v) is 7.30. The first-order valence-electron chi connectivity index (χ1n) is 12.8. The topological polar surface area (TPSA) is 132 Å². The van der Waals surface area contributed by atoms with Gasteiger partial charge in [-0.15, -0.1) is 0 Å². The zero-order valence-corrected chi connectivity index (χ0v) is 25.3. The van der Waals surface area contributed by atoms with Crippen molar-refractivity contribution in [2.75, 3.05) is 6.54 Å². The lowest BCUT2D eigenvalue weighted by Crippen LogP contribution is -2.59. The van der Waals surface area contributed by atoms with Gasteiger partial charge in [0.05, 0.1) is 11.0 Å². The van der Waals surface area contributed by atoms with Crippen LogP contribution in [0.2, 0.25) is 0 Å². The molecule has 1 saturated heterocycles. The summed E-state index contributed by atoms with van der Waals surface area (Å²) in [5.41, 5.74) is 0.493. The highest BCUT2D eigenvalue weighted by Gasteiger charge is 2.69. The fourth-order valence-electron chi connectivity index (χ4n) is 5.52. The minimum Gasteiger partial charge on any atom is -0.335 e. The monoisotopic (exact) mass is 615 g/mol. The second kappa shape index (κ2) is 10.3. The number of fused-ring (bicyclic) bond motifs is 1. The Bertz CT molecular complexity index is 1430. The quantitative estimate of drug-likeness (QED) is 0.488. The van der Waals surface area contributed by atoms with Crippen LogP contribution in [-0.4, -0.2) is 48.7 Å². The molecule has 2 aliphatic rings. The third-order valence-corrected chi connectivity index (χ3v) is 9.82. The molecule has 2 heterocycles. The number of carbonyl (C=O) groups excluding carboxylic acids is 2. The summed E-state index contributed by atoms with van der Waals surface area (Å²) in [7, 11) is -4.01. The number of nitrogens with one attached hydrogen (secondary N) is 2. The van der Waals surface area contributed by atoms with Crippen LogP contribution in [0.25, 0.3) is 0 Å². The maximum Gasteiger partial charge on any atom is 0.244 e. The van der Waals surface area contributed by atoms with Gasteiger partial charge in [0.25, 0.3) is 0 Å². The molecule has 2 amide bonds. The Kier molecular flexibility index (Phi) is 7.71. The van der Waals surface area contributed by atoms with Crippen molar-refractivity contribution < 1.29 is 18.0 Å². The van der Waals surface area contributed by atoms with Crippen LogP contribution in [0.15, 0.2) is 52.1 Å². The zero-order valence-electron chi connectivity index (χ0n) is 22.9. The number of halogens is 1. The van der Waals surface area contributed by atoms with Crippen molar-refractivity contribution in [1.29, 1.82) is 5.26 Å². The van der Waals surface area contributed by atoms with E-state index in [4.69, 9.17) is 0 Å². The Morgan fingerprint density at radius 3 is 2.41 bits per heavy atom. The summed E-state index contributed by atoms with van der Waals surface area (Å²) in [4.78, 5) is 33.4. The van der Waals surface area contributed by atoms with Gasteiger partial charge < -0.3 is 10.2 Å². The lowest BCUT2D eigenvalue weighted by molar-refractivity contribution is -0.143. The molecule has 2 N–H and O–H groups in total. The van der Waals surface area contributed by atoms with Crippen molar-refractivity contribution in [1.82, 2.24) is 19.9 Å². The second-order valence-corrected chi connectivity index (χ2v) is 14.8.